The number of carbonyl (C=O) groups is 2. The van der Waals surface area contributed by atoms with Crippen LogP contribution >= 0.6 is 0 Å². The number of primary amides is 1. The number of nitriles is 1. The van der Waals surface area contributed by atoms with Gasteiger partial charge in [0.15, 0.2) is 0 Å². The lowest BCUT2D eigenvalue weighted by Gasteiger charge is -2.24. The molecule has 5 heteroatoms. The molecule has 1 saturated carbocycles. The van der Waals surface area contributed by atoms with Gasteiger partial charge in [0.2, 0.25) is 11.8 Å². The van der Waals surface area contributed by atoms with Crippen LogP contribution < -0.4 is 5.73 Å². The third-order valence-corrected chi connectivity index (χ3v) is 3.22. The van der Waals surface area contributed by atoms with Crippen LogP contribution in [0.4, 0.5) is 0 Å². The molecule has 1 aliphatic carbocycles. The van der Waals surface area contributed by atoms with Crippen molar-refractivity contribution in [3.05, 3.63) is 0 Å². The first-order valence-electron chi connectivity index (χ1n) is 5.12. The molecule has 1 heterocycles. The number of carbonyl (C=O) groups excluding carboxylic acids is 2. The molecule has 80 valence electrons. The minimum atomic E-state index is -0.835. The highest BCUT2D eigenvalue weighted by molar-refractivity contribution is 5.93. The van der Waals surface area contributed by atoms with Crippen molar-refractivity contribution < 1.29 is 9.59 Å². The summed E-state index contributed by atoms with van der Waals surface area (Å²) >= 11 is 0. The quantitative estimate of drug-likeness (QED) is 0.678. The molecule has 0 bridgehead atoms. The lowest BCUT2D eigenvalue weighted by Crippen LogP contribution is -2.46. The van der Waals surface area contributed by atoms with E-state index in [2.05, 4.69) is 0 Å². The maximum Gasteiger partial charge on any atom is 0.243 e. The number of hydrogen-bond donors (Lipinski definition) is 1. The van der Waals surface area contributed by atoms with Gasteiger partial charge in [-0.25, -0.2) is 0 Å². The second-order valence-corrected chi connectivity index (χ2v) is 4.25. The predicted octanol–water partition coefficient (Wildman–Crippen LogP) is -0.234. The topological polar surface area (TPSA) is 87.2 Å². The van der Waals surface area contributed by atoms with Crippen molar-refractivity contribution in [1.29, 1.82) is 5.26 Å². The van der Waals surface area contributed by atoms with E-state index in [1.807, 2.05) is 6.07 Å². The average molecular weight is 207 g/mol. The van der Waals surface area contributed by atoms with Crippen LogP contribution in [0.1, 0.15) is 25.7 Å². The fourth-order valence-electron chi connectivity index (χ4n) is 2.08. The van der Waals surface area contributed by atoms with Gasteiger partial charge in [-0.3, -0.25) is 9.59 Å². The Hall–Kier alpha value is -1.57. The van der Waals surface area contributed by atoms with Crippen molar-refractivity contribution in [3.8, 4) is 6.07 Å². The van der Waals surface area contributed by atoms with E-state index in [1.54, 1.807) is 0 Å². The van der Waals surface area contributed by atoms with Crippen molar-refractivity contribution in [2.75, 3.05) is 6.54 Å². The normalized spacial score (nSPS) is 27.1. The third-order valence-electron chi connectivity index (χ3n) is 3.22. The van der Waals surface area contributed by atoms with Crippen LogP contribution in [-0.2, 0) is 9.59 Å². The molecule has 2 aliphatic rings. The van der Waals surface area contributed by atoms with Crippen LogP contribution in [0.2, 0.25) is 0 Å². The fourth-order valence-corrected chi connectivity index (χ4v) is 2.08. The molecule has 0 aromatic heterocycles. The summed E-state index contributed by atoms with van der Waals surface area (Å²) in [6, 6.07) is 1.55. The molecule has 0 aromatic carbocycles. The Kier molecular flexibility index (Phi) is 2.14. The molecular weight excluding hydrogens is 194 g/mol. The van der Waals surface area contributed by atoms with E-state index in [1.165, 1.54) is 4.90 Å². The number of amides is 2. The van der Waals surface area contributed by atoms with Gasteiger partial charge in [-0.2, -0.15) is 5.26 Å². The summed E-state index contributed by atoms with van der Waals surface area (Å²) in [4.78, 5) is 24.6. The third kappa shape index (κ3) is 1.46. The van der Waals surface area contributed by atoms with E-state index < -0.39 is 17.4 Å². The van der Waals surface area contributed by atoms with Gasteiger partial charge in [-0.05, 0) is 25.7 Å². The first-order valence-corrected chi connectivity index (χ1v) is 5.12. The Morgan fingerprint density at radius 1 is 1.47 bits per heavy atom. The smallest absolute Gasteiger partial charge is 0.243 e. The molecule has 0 radical (unpaired) electrons. The zero-order chi connectivity index (χ0) is 11.1. The number of nitrogens with two attached hydrogens (primary N) is 1. The van der Waals surface area contributed by atoms with Gasteiger partial charge in [-0.15, -0.1) is 0 Å². The van der Waals surface area contributed by atoms with Crippen LogP contribution in [0.15, 0.2) is 0 Å². The lowest BCUT2D eigenvalue weighted by molar-refractivity contribution is -0.140. The molecule has 0 spiro atoms. The summed E-state index contributed by atoms with van der Waals surface area (Å²) in [7, 11) is 0. The summed E-state index contributed by atoms with van der Waals surface area (Å²) in [5, 5.41) is 8.90. The van der Waals surface area contributed by atoms with Gasteiger partial charge in [0.05, 0.1) is 6.07 Å². The fraction of sp³-hybridized carbons (Fsp3) is 0.700. The van der Waals surface area contributed by atoms with E-state index in [9.17, 15) is 9.59 Å². The lowest BCUT2D eigenvalue weighted by atomic mass is 10.1. The maximum absolute atomic E-state index is 12.0. The molecule has 5 nitrogen and oxygen atoms in total. The van der Waals surface area contributed by atoms with Crippen molar-refractivity contribution in [2.45, 2.75) is 31.7 Å². The van der Waals surface area contributed by atoms with Crippen molar-refractivity contribution in [3.63, 3.8) is 0 Å². The number of hydrogen-bond acceptors (Lipinski definition) is 3. The zero-order valence-electron chi connectivity index (χ0n) is 8.40. The molecule has 2 amide bonds. The Labute approximate surface area is 87.8 Å². The van der Waals surface area contributed by atoms with Crippen LogP contribution in [0.3, 0.4) is 0 Å². The first-order chi connectivity index (χ1) is 7.10. The predicted molar refractivity (Wildman–Crippen MR) is 51.2 cm³/mol. The molecule has 1 unspecified atom stereocenters. The Bertz CT molecular complexity index is 354. The van der Waals surface area contributed by atoms with Gasteiger partial charge in [0.25, 0.3) is 0 Å². The van der Waals surface area contributed by atoms with Gasteiger partial charge < -0.3 is 10.6 Å². The Morgan fingerprint density at radius 3 is 2.60 bits per heavy atom. The number of nitrogens with zero attached hydrogens (tertiary/aromatic N) is 2. The molecule has 1 aliphatic heterocycles. The summed E-state index contributed by atoms with van der Waals surface area (Å²) in [6.45, 7) is 0.551. The monoisotopic (exact) mass is 207 g/mol. The van der Waals surface area contributed by atoms with E-state index in [0.717, 1.165) is 6.42 Å². The van der Waals surface area contributed by atoms with Crippen LogP contribution in [-0.4, -0.2) is 29.3 Å². The molecule has 1 atom stereocenters. The van der Waals surface area contributed by atoms with Crippen LogP contribution in [0.25, 0.3) is 0 Å². The van der Waals surface area contributed by atoms with E-state index >= 15 is 0 Å². The highest BCUT2D eigenvalue weighted by Gasteiger charge is 2.54. The minimum absolute atomic E-state index is 0.202. The van der Waals surface area contributed by atoms with Crippen molar-refractivity contribution >= 4 is 11.8 Å². The molecule has 2 fully saturated rings. The van der Waals surface area contributed by atoms with Gasteiger partial charge in [-0.1, -0.05) is 0 Å². The summed E-state index contributed by atoms with van der Waals surface area (Å²) in [5.41, 5.74) is 4.38. The second-order valence-electron chi connectivity index (χ2n) is 4.25. The summed E-state index contributed by atoms with van der Waals surface area (Å²) in [6.07, 6.45) is 2.65. The SMILES string of the molecule is N#CC1(C(=O)N2CCCC2C(N)=O)CC1. The van der Waals surface area contributed by atoms with Gasteiger partial charge >= 0.3 is 0 Å². The highest BCUT2D eigenvalue weighted by Crippen LogP contribution is 2.47. The number of rotatable bonds is 2. The van der Waals surface area contributed by atoms with E-state index in [0.29, 0.717) is 25.8 Å². The van der Waals surface area contributed by atoms with Crippen LogP contribution in [0, 0.1) is 16.7 Å². The summed E-state index contributed by atoms with van der Waals surface area (Å²) < 4.78 is 0. The van der Waals surface area contributed by atoms with Gasteiger partial charge in [0.1, 0.15) is 11.5 Å². The Balaban J connectivity index is 2.14. The Morgan fingerprint density at radius 2 is 2.13 bits per heavy atom. The highest BCUT2D eigenvalue weighted by atomic mass is 16.2. The number of likely N-dealkylation sites (tertiary alicyclic amines) is 1. The minimum Gasteiger partial charge on any atom is -0.368 e. The van der Waals surface area contributed by atoms with E-state index in [4.69, 9.17) is 11.0 Å². The molecule has 2 N–H and O–H groups in total. The van der Waals surface area contributed by atoms with Gasteiger partial charge in [0, 0.05) is 6.54 Å². The van der Waals surface area contributed by atoms with E-state index in [-0.39, 0.29) is 5.91 Å². The molecule has 0 aromatic rings. The maximum atomic E-state index is 12.0. The van der Waals surface area contributed by atoms with Crippen LogP contribution in [0.5, 0.6) is 0 Å². The first kappa shape index (κ1) is 9.97. The van der Waals surface area contributed by atoms with Crippen molar-refractivity contribution in [2.24, 2.45) is 11.1 Å². The second kappa shape index (κ2) is 3.23. The van der Waals surface area contributed by atoms with Crippen molar-refractivity contribution in [1.82, 2.24) is 4.90 Å². The molecule has 2 rings (SSSR count). The molecule has 1 saturated heterocycles. The molecule has 15 heavy (non-hydrogen) atoms. The largest absolute Gasteiger partial charge is 0.368 e. The zero-order valence-corrected chi connectivity index (χ0v) is 8.40. The average Bonchev–Trinajstić information content (AvgIpc) is 2.86. The standard InChI is InChI=1S/C10H13N3O2/c11-6-10(3-4-10)9(15)13-5-1-2-7(13)8(12)14/h7H,1-5H2,(H2,12,14). The summed E-state index contributed by atoms with van der Waals surface area (Å²) in [5.74, 6) is -0.666. The molecular formula is C10H13N3O2.